The molecule has 0 saturated carbocycles. The molecule has 0 radical (unpaired) electrons. The first-order valence-electron chi connectivity index (χ1n) is 6.23. The molecule has 0 aliphatic rings. The van der Waals surface area contributed by atoms with Crippen LogP contribution in [0.25, 0.3) is 0 Å². The summed E-state index contributed by atoms with van der Waals surface area (Å²) in [6.07, 6.45) is 0. The smallest absolute Gasteiger partial charge is 0.152 e. The number of hydrogen-bond acceptors (Lipinski definition) is 4. The van der Waals surface area contributed by atoms with Crippen molar-refractivity contribution in [3.05, 3.63) is 41.5 Å². The lowest BCUT2D eigenvalue weighted by Crippen LogP contribution is -2.18. The summed E-state index contributed by atoms with van der Waals surface area (Å²) >= 11 is 0. The van der Waals surface area contributed by atoms with Crippen LogP contribution in [0.5, 0.6) is 0 Å². The van der Waals surface area contributed by atoms with Gasteiger partial charge in [0, 0.05) is 23.6 Å². The lowest BCUT2D eigenvalue weighted by atomic mass is 9.96. The Morgan fingerprint density at radius 2 is 1.57 bits per heavy atom. The Hall–Kier alpha value is -2.31. The molecule has 0 unspecified atom stereocenters. The number of nitrogen functional groups attached to an aromatic ring is 1. The lowest BCUT2D eigenvalue weighted by molar-refractivity contribution is 0.545. The minimum absolute atomic E-state index is 0.136. The minimum Gasteiger partial charge on any atom is -0.384 e. The number of benzene rings is 1. The average Bonchev–Trinajstić information content (AvgIpc) is 2.32. The first kappa shape index (κ1) is 15.1. The van der Waals surface area contributed by atoms with E-state index in [0.29, 0.717) is 18.0 Å². The molecule has 0 aliphatic heterocycles. The molecule has 21 heavy (non-hydrogen) atoms. The van der Waals surface area contributed by atoms with E-state index in [0.717, 1.165) is 0 Å². The van der Waals surface area contributed by atoms with Crippen molar-refractivity contribution in [2.45, 2.75) is 26.2 Å². The van der Waals surface area contributed by atoms with Gasteiger partial charge in [-0.05, 0) is 0 Å². The van der Waals surface area contributed by atoms with Gasteiger partial charge in [-0.2, -0.15) is 0 Å². The largest absolute Gasteiger partial charge is 0.384 e. The number of nitrogens with two attached hydrogens (primary N) is 1. The zero-order valence-electron chi connectivity index (χ0n) is 11.8. The van der Waals surface area contributed by atoms with Crippen LogP contribution in [-0.4, -0.2) is 9.97 Å². The second-order valence-corrected chi connectivity index (χ2v) is 5.62. The molecule has 4 nitrogen and oxygen atoms in total. The van der Waals surface area contributed by atoms with Gasteiger partial charge in [-0.1, -0.05) is 20.8 Å². The van der Waals surface area contributed by atoms with Crippen LogP contribution in [0.1, 0.15) is 26.6 Å². The van der Waals surface area contributed by atoms with Gasteiger partial charge in [-0.3, -0.25) is 0 Å². The summed E-state index contributed by atoms with van der Waals surface area (Å²) in [4.78, 5) is 8.26. The van der Waals surface area contributed by atoms with Crippen LogP contribution in [0.4, 0.5) is 30.5 Å². The van der Waals surface area contributed by atoms with Crippen molar-refractivity contribution >= 4 is 17.3 Å². The third kappa shape index (κ3) is 3.42. The fourth-order valence-corrected chi connectivity index (χ4v) is 1.66. The Labute approximate surface area is 120 Å². The molecule has 0 amide bonds. The molecular formula is C14H15F3N4. The monoisotopic (exact) mass is 296 g/mol. The van der Waals surface area contributed by atoms with Crippen molar-refractivity contribution < 1.29 is 13.2 Å². The molecule has 112 valence electrons. The molecule has 2 aromatic rings. The summed E-state index contributed by atoms with van der Waals surface area (Å²) in [6, 6.07) is 2.51. The van der Waals surface area contributed by atoms with Gasteiger partial charge >= 0.3 is 0 Å². The van der Waals surface area contributed by atoms with Crippen LogP contribution >= 0.6 is 0 Å². The molecule has 0 spiro atoms. The van der Waals surface area contributed by atoms with Gasteiger partial charge in [0.1, 0.15) is 29.0 Å². The van der Waals surface area contributed by atoms with Gasteiger partial charge in [-0.25, -0.2) is 23.1 Å². The molecule has 0 bridgehead atoms. The van der Waals surface area contributed by atoms with E-state index in [-0.39, 0.29) is 17.1 Å². The Kier molecular flexibility index (Phi) is 3.76. The van der Waals surface area contributed by atoms with Gasteiger partial charge in [0.15, 0.2) is 11.6 Å². The van der Waals surface area contributed by atoms with Gasteiger partial charge < -0.3 is 11.1 Å². The van der Waals surface area contributed by atoms with Crippen molar-refractivity contribution in [3.63, 3.8) is 0 Å². The molecule has 7 heteroatoms. The highest BCUT2D eigenvalue weighted by Gasteiger charge is 2.19. The van der Waals surface area contributed by atoms with E-state index in [9.17, 15) is 13.2 Å². The normalized spacial score (nSPS) is 11.5. The lowest BCUT2D eigenvalue weighted by Gasteiger charge is -2.18. The second-order valence-electron chi connectivity index (χ2n) is 5.62. The van der Waals surface area contributed by atoms with Crippen molar-refractivity contribution in [1.29, 1.82) is 0 Å². The van der Waals surface area contributed by atoms with Crippen molar-refractivity contribution in [3.8, 4) is 0 Å². The Bertz CT molecular complexity index is 657. The third-order valence-electron chi connectivity index (χ3n) is 2.68. The maximum absolute atomic E-state index is 13.6. The first-order chi connectivity index (χ1) is 9.66. The highest BCUT2D eigenvalue weighted by atomic mass is 19.1. The molecule has 0 saturated heterocycles. The quantitative estimate of drug-likeness (QED) is 0.890. The van der Waals surface area contributed by atoms with Crippen molar-refractivity contribution in [1.82, 2.24) is 9.97 Å². The number of anilines is 3. The highest BCUT2D eigenvalue weighted by molar-refractivity contribution is 5.60. The summed E-state index contributed by atoms with van der Waals surface area (Å²) in [5.41, 5.74) is 4.80. The molecule has 1 aromatic heterocycles. The molecular weight excluding hydrogens is 281 g/mol. The van der Waals surface area contributed by atoms with Crippen LogP contribution in [0.15, 0.2) is 18.2 Å². The van der Waals surface area contributed by atoms with Crippen LogP contribution in [0.2, 0.25) is 0 Å². The maximum Gasteiger partial charge on any atom is 0.152 e. The van der Waals surface area contributed by atoms with Crippen LogP contribution in [0, 0.1) is 17.5 Å². The number of nitrogens with one attached hydrogen (secondary N) is 1. The minimum atomic E-state index is -1.05. The standard InChI is InChI=1S/C14H15F3N4/c1-14(2,3)13-19-10(18)6-11(21-13)20-12-8(16)4-7(15)5-9(12)17/h4-6H,1-3H3,(H3,18,19,20,21). The van der Waals surface area contributed by atoms with Gasteiger partial charge in [0.25, 0.3) is 0 Å². The van der Waals surface area contributed by atoms with Gasteiger partial charge in [0.2, 0.25) is 0 Å². The highest BCUT2D eigenvalue weighted by Crippen LogP contribution is 2.26. The maximum atomic E-state index is 13.6. The van der Waals surface area contributed by atoms with E-state index in [4.69, 9.17) is 5.73 Å². The van der Waals surface area contributed by atoms with Crippen molar-refractivity contribution in [2.24, 2.45) is 0 Å². The summed E-state index contributed by atoms with van der Waals surface area (Å²) in [5.74, 6) is -2.37. The predicted octanol–water partition coefficient (Wildman–Crippen LogP) is 3.52. The Morgan fingerprint density at radius 1 is 1.00 bits per heavy atom. The van der Waals surface area contributed by atoms with E-state index < -0.39 is 23.1 Å². The van der Waals surface area contributed by atoms with E-state index in [1.807, 2.05) is 20.8 Å². The molecule has 2 rings (SSSR count). The van der Waals surface area contributed by atoms with Crippen LogP contribution < -0.4 is 11.1 Å². The Balaban J connectivity index is 2.43. The van der Waals surface area contributed by atoms with E-state index in [2.05, 4.69) is 15.3 Å². The predicted molar refractivity (Wildman–Crippen MR) is 74.7 cm³/mol. The molecule has 0 fully saturated rings. The molecule has 3 N–H and O–H groups in total. The first-order valence-corrected chi connectivity index (χ1v) is 6.23. The molecule has 1 aromatic carbocycles. The molecule has 0 aliphatic carbocycles. The SMILES string of the molecule is CC(C)(C)c1nc(N)cc(Nc2c(F)cc(F)cc2F)n1. The number of hydrogen-bond donors (Lipinski definition) is 2. The molecule has 1 heterocycles. The zero-order valence-corrected chi connectivity index (χ0v) is 11.8. The number of nitrogens with zero attached hydrogens (tertiary/aromatic N) is 2. The topological polar surface area (TPSA) is 63.8 Å². The van der Waals surface area contributed by atoms with E-state index >= 15 is 0 Å². The fraction of sp³-hybridized carbons (Fsp3) is 0.286. The second kappa shape index (κ2) is 5.23. The number of rotatable bonds is 2. The van der Waals surface area contributed by atoms with Gasteiger partial charge in [0.05, 0.1) is 0 Å². The van der Waals surface area contributed by atoms with Gasteiger partial charge in [-0.15, -0.1) is 0 Å². The summed E-state index contributed by atoms with van der Waals surface area (Å²) in [7, 11) is 0. The molecule has 0 atom stereocenters. The van der Waals surface area contributed by atoms with E-state index in [1.54, 1.807) is 0 Å². The van der Waals surface area contributed by atoms with Crippen LogP contribution in [-0.2, 0) is 5.41 Å². The summed E-state index contributed by atoms with van der Waals surface area (Å²) in [5, 5.41) is 2.47. The summed E-state index contributed by atoms with van der Waals surface area (Å²) in [6.45, 7) is 5.64. The van der Waals surface area contributed by atoms with Crippen molar-refractivity contribution in [2.75, 3.05) is 11.1 Å². The fourth-order valence-electron chi connectivity index (χ4n) is 1.66. The number of halogens is 3. The number of aromatic nitrogens is 2. The summed E-state index contributed by atoms with van der Waals surface area (Å²) < 4.78 is 40.1. The average molecular weight is 296 g/mol. The van der Waals surface area contributed by atoms with E-state index in [1.165, 1.54) is 6.07 Å². The Morgan fingerprint density at radius 3 is 2.10 bits per heavy atom. The zero-order chi connectivity index (χ0) is 15.8. The van der Waals surface area contributed by atoms with Crippen LogP contribution in [0.3, 0.4) is 0 Å². The third-order valence-corrected chi connectivity index (χ3v) is 2.68.